The Balaban J connectivity index is 1.92. The number of hydrogen-bond donors (Lipinski definition) is 1. The van der Waals surface area contributed by atoms with E-state index in [9.17, 15) is 5.11 Å². The van der Waals surface area contributed by atoms with E-state index in [4.69, 9.17) is 4.42 Å². The molecular weight excluding hydrogens is 218 g/mol. The number of likely N-dealkylation sites (tertiary alicyclic amines) is 1. The molecule has 96 valence electrons. The molecule has 0 radical (unpaired) electrons. The Bertz CT molecular complexity index is 351. The highest BCUT2D eigenvalue weighted by molar-refractivity contribution is 4.86. The average molecular weight is 239 g/mol. The first-order valence-electron chi connectivity index (χ1n) is 6.42. The molecule has 0 saturated carbocycles. The molecule has 2 unspecified atom stereocenters. The first-order valence-corrected chi connectivity index (χ1v) is 6.42. The van der Waals surface area contributed by atoms with Crippen molar-refractivity contribution >= 4 is 0 Å². The van der Waals surface area contributed by atoms with Gasteiger partial charge in [0, 0.05) is 12.5 Å². The molecule has 2 heterocycles. The van der Waals surface area contributed by atoms with Crippen molar-refractivity contribution in [2.24, 2.45) is 0 Å². The van der Waals surface area contributed by atoms with E-state index in [-0.39, 0.29) is 6.10 Å². The van der Waals surface area contributed by atoms with Gasteiger partial charge in [0.2, 0.25) is 11.8 Å². The predicted octanol–water partition coefficient (Wildman–Crippen LogP) is 1.37. The zero-order valence-electron chi connectivity index (χ0n) is 10.6. The van der Waals surface area contributed by atoms with Crippen LogP contribution in [0.15, 0.2) is 4.42 Å². The van der Waals surface area contributed by atoms with Crippen molar-refractivity contribution in [3.63, 3.8) is 0 Å². The molecule has 1 aromatic rings. The normalized spacial score (nSPS) is 23.1. The summed E-state index contributed by atoms with van der Waals surface area (Å²) in [7, 11) is 0. The molecule has 2 atom stereocenters. The molecule has 1 fully saturated rings. The van der Waals surface area contributed by atoms with Gasteiger partial charge in [-0.3, -0.25) is 4.90 Å². The molecule has 1 aliphatic rings. The topological polar surface area (TPSA) is 62.4 Å². The van der Waals surface area contributed by atoms with Gasteiger partial charge in [-0.1, -0.05) is 6.92 Å². The fourth-order valence-corrected chi connectivity index (χ4v) is 2.43. The Kier molecular flexibility index (Phi) is 4.12. The van der Waals surface area contributed by atoms with E-state index < -0.39 is 0 Å². The highest BCUT2D eigenvalue weighted by atomic mass is 16.4. The van der Waals surface area contributed by atoms with Crippen molar-refractivity contribution in [1.29, 1.82) is 0 Å². The van der Waals surface area contributed by atoms with Crippen LogP contribution in [0.4, 0.5) is 0 Å². The highest BCUT2D eigenvalue weighted by Gasteiger charge is 2.26. The zero-order valence-corrected chi connectivity index (χ0v) is 10.6. The van der Waals surface area contributed by atoms with Crippen molar-refractivity contribution in [1.82, 2.24) is 15.1 Å². The van der Waals surface area contributed by atoms with Crippen LogP contribution in [0.25, 0.3) is 0 Å². The van der Waals surface area contributed by atoms with Gasteiger partial charge in [0.15, 0.2) is 0 Å². The Labute approximate surface area is 102 Å². The molecule has 5 nitrogen and oxygen atoms in total. The van der Waals surface area contributed by atoms with E-state index >= 15 is 0 Å². The van der Waals surface area contributed by atoms with Gasteiger partial charge in [0.05, 0.1) is 12.6 Å². The standard InChI is InChI=1S/C12H21N3O2/c1-3-11-13-14-12(17-11)8-15-6-4-5-10(15)7-9(2)16/h9-10,16H,3-8H2,1-2H3. The number of aliphatic hydroxyl groups is 1. The predicted molar refractivity (Wildman–Crippen MR) is 63.4 cm³/mol. The maximum atomic E-state index is 9.46. The van der Waals surface area contributed by atoms with Gasteiger partial charge >= 0.3 is 0 Å². The number of aryl methyl sites for hydroxylation is 1. The summed E-state index contributed by atoms with van der Waals surface area (Å²) in [5.41, 5.74) is 0. The molecule has 1 saturated heterocycles. The molecular formula is C12H21N3O2. The molecule has 1 N–H and O–H groups in total. The quantitative estimate of drug-likeness (QED) is 0.840. The van der Waals surface area contributed by atoms with Crippen LogP contribution in [0.3, 0.4) is 0 Å². The molecule has 0 aromatic carbocycles. The van der Waals surface area contributed by atoms with Crippen LogP contribution in [0, 0.1) is 0 Å². The zero-order chi connectivity index (χ0) is 12.3. The third-order valence-electron chi connectivity index (χ3n) is 3.26. The Hall–Kier alpha value is -0.940. The van der Waals surface area contributed by atoms with Gasteiger partial charge in [0.1, 0.15) is 0 Å². The van der Waals surface area contributed by atoms with Crippen LogP contribution in [-0.2, 0) is 13.0 Å². The first kappa shape index (κ1) is 12.5. The van der Waals surface area contributed by atoms with E-state index in [0.717, 1.165) is 25.8 Å². The SMILES string of the molecule is CCc1nnc(CN2CCCC2CC(C)O)o1. The number of hydrogen-bond acceptors (Lipinski definition) is 5. The molecule has 2 rings (SSSR count). The molecule has 17 heavy (non-hydrogen) atoms. The Morgan fingerprint density at radius 3 is 2.88 bits per heavy atom. The highest BCUT2D eigenvalue weighted by Crippen LogP contribution is 2.23. The lowest BCUT2D eigenvalue weighted by atomic mass is 10.1. The van der Waals surface area contributed by atoms with E-state index in [2.05, 4.69) is 15.1 Å². The molecule has 1 aliphatic heterocycles. The summed E-state index contributed by atoms with van der Waals surface area (Å²) in [6.07, 6.45) is 3.71. The van der Waals surface area contributed by atoms with Crippen molar-refractivity contribution in [3.05, 3.63) is 11.8 Å². The van der Waals surface area contributed by atoms with Crippen molar-refractivity contribution in [2.75, 3.05) is 6.54 Å². The molecule has 5 heteroatoms. The molecule has 0 spiro atoms. The van der Waals surface area contributed by atoms with Crippen LogP contribution < -0.4 is 0 Å². The van der Waals surface area contributed by atoms with Gasteiger partial charge in [0.25, 0.3) is 0 Å². The lowest BCUT2D eigenvalue weighted by Gasteiger charge is -2.23. The van der Waals surface area contributed by atoms with Crippen molar-refractivity contribution < 1.29 is 9.52 Å². The van der Waals surface area contributed by atoms with E-state index in [0.29, 0.717) is 24.4 Å². The van der Waals surface area contributed by atoms with E-state index in [1.807, 2.05) is 13.8 Å². The largest absolute Gasteiger partial charge is 0.424 e. The van der Waals surface area contributed by atoms with Crippen LogP contribution in [0.2, 0.25) is 0 Å². The lowest BCUT2D eigenvalue weighted by Crippen LogP contribution is -2.31. The molecule has 0 bridgehead atoms. The second kappa shape index (κ2) is 5.60. The second-order valence-corrected chi connectivity index (χ2v) is 4.79. The third kappa shape index (κ3) is 3.26. The summed E-state index contributed by atoms with van der Waals surface area (Å²) in [5.74, 6) is 1.39. The summed E-state index contributed by atoms with van der Waals surface area (Å²) in [6, 6.07) is 0.451. The molecule has 1 aromatic heterocycles. The third-order valence-corrected chi connectivity index (χ3v) is 3.26. The first-order chi connectivity index (χ1) is 8.19. The molecule has 0 amide bonds. The van der Waals surface area contributed by atoms with Crippen molar-refractivity contribution in [2.45, 2.75) is 58.2 Å². The van der Waals surface area contributed by atoms with Gasteiger partial charge in [-0.25, -0.2) is 0 Å². The van der Waals surface area contributed by atoms with Gasteiger partial charge in [-0.2, -0.15) is 0 Å². The summed E-state index contributed by atoms with van der Waals surface area (Å²) in [4.78, 5) is 2.33. The monoisotopic (exact) mass is 239 g/mol. The van der Waals surface area contributed by atoms with Crippen molar-refractivity contribution in [3.8, 4) is 0 Å². The minimum Gasteiger partial charge on any atom is -0.424 e. The summed E-state index contributed by atoms with van der Waals surface area (Å²) in [6.45, 7) is 5.62. The number of aromatic nitrogens is 2. The smallest absolute Gasteiger partial charge is 0.230 e. The Morgan fingerprint density at radius 2 is 2.24 bits per heavy atom. The van der Waals surface area contributed by atoms with Crippen LogP contribution in [0.5, 0.6) is 0 Å². The molecule has 0 aliphatic carbocycles. The van der Waals surface area contributed by atoms with Gasteiger partial charge < -0.3 is 9.52 Å². The number of rotatable bonds is 5. The fourth-order valence-electron chi connectivity index (χ4n) is 2.43. The maximum Gasteiger partial charge on any atom is 0.230 e. The maximum absolute atomic E-state index is 9.46. The lowest BCUT2D eigenvalue weighted by molar-refractivity contribution is 0.125. The number of nitrogens with zero attached hydrogens (tertiary/aromatic N) is 3. The van der Waals surface area contributed by atoms with E-state index in [1.54, 1.807) is 0 Å². The average Bonchev–Trinajstić information content (AvgIpc) is 2.89. The number of aliphatic hydroxyl groups excluding tert-OH is 1. The van der Waals surface area contributed by atoms with Gasteiger partial charge in [-0.15, -0.1) is 10.2 Å². The fraction of sp³-hybridized carbons (Fsp3) is 0.833. The van der Waals surface area contributed by atoms with Crippen LogP contribution in [-0.4, -0.2) is 38.9 Å². The summed E-state index contributed by atoms with van der Waals surface area (Å²) >= 11 is 0. The second-order valence-electron chi connectivity index (χ2n) is 4.79. The van der Waals surface area contributed by atoms with E-state index in [1.165, 1.54) is 6.42 Å². The van der Waals surface area contributed by atoms with Crippen LogP contribution >= 0.6 is 0 Å². The minimum atomic E-state index is -0.241. The van der Waals surface area contributed by atoms with Gasteiger partial charge in [-0.05, 0) is 32.7 Å². The summed E-state index contributed by atoms with van der Waals surface area (Å²) in [5, 5.41) is 17.5. The Morgan fingerprint density at radius 1 is 1.47 bits per heavy atom. The minimum absolute atomic E-state index is 0.241. The summed E-state index contributed by atoms with van der Waals surface area (Å²) < 4.78 is 5.52. The van der Waals surface area contributed by atoms with Crippen LogP contribution in [0.1, 0.15) is 44.9 Å².